The summed E-state index contributed by atoms with van der Waals surface area (Å²) in [6.07, 6.45) is 2.21. The molecule has 1 fully saturated rings. The Morgan fingerprint density at radius 2 is 2.33 bits per heavy atom. The van der Waals surface area contributed by atoms with Gasteiger partial charge in [0.15, 0.2) is 0 Å². The molecule has 1 saturated heterocycles. The maximum Gasteiger partial charge on any atom is 0.233 e. The Hall–Kier alpha value is -1.93. The van der Waals surface area contributed by atoms with Crippen LogP contribution in [-0.2, 0) is 9.53 Å². The number of hydrogen-bond donors (Lipinski definition) is 1. The van der Waals surface area contributed by atoms with Crippen molar-refractivity contribution in [2.24, 2.45) is 0 Å². The van der Waals surface area contributed by atoms with Gasteiger partial charge in [-0.05, 0) is 48.7 Å². The fraction of sp³-hybridized carbons (Fsp3) is 0.500. The van der Waals surface area contributed by atoms with E-state index in [4.69, 9.17) is 4.74 Å². The number of nitrogens with one attached hydrogen (secondary N) is 1. The molecule has 3 rings (SSSR count). The molecule has 8 heteroatoms. The van der Waals surface area contributed by atoms with Gasteiger partial charge in [-0.25, -0.2) is 0 Å². The number of para-hydroxylation sites is 1. The lowest BCUT2D eigenvalue weighted by Gasteiger charge is -2.14. The van der Waals surface area contributed by atoms with Crippen molar-refractivity contribution in [3.8, 4) is 5.69 Å². The number of rotatable bonds is 6. The van der Waals surface area contributed by atoms with Gasteiger partial charge in [-0.15, -0.1) is 5.10 Å². The first-order valence-electron chi connectivity index (χ1n) is 8.05. The largest absolute Gasteiger partial charge is 0.376 e. The molecule has 2 heterocycles. The summed E-state index contributed by atoms with van der Waals surface area (Å²) in [7, 11) is 0. The Labute approximate surface area is 145 Å². The molecule has 24 heavy (non-hydrogen) atoms. The summed E-state index contributed by atoms with van der Waals surface area (Å²) in [6, 6.07) is 7.87. The number of aryl methyl sites for hydroxylation is 1. The summed E-state index contributed by atoms with van der Waals surface area (Å²) in [6.45, 7) is 5.21. The van der Waals surface area contributed by atoms with E-state index < -0.39 is 0 Å². The average molecular weight is 347 g/mol. The number of tetrazole rings is 1. The minimum atomic E-state index is -0.292. The van der Waals surface area contributed by atoms with Crippen molar-refractivity contribution in [3.05, 3.63) is 29.8 Å². The molecule has 1 aromatic heterocycles. The second-order valence-corrected chi connectivity index (χ2v) is 7.11. The number of thioether (sulfide) groups is 1. The Bertz CT molecular complexity index is 699. The van der Waals surface area contributed by atoms with Gasteiger partial charge >= 0.3 is 0 Å². The van der Waals surface area contributed by atoms with Gasteiger partial charge in [0, 0.05) is 13.2 Å². The van der Waals surface area contributed by atoms with Crippen molar-refractivity contribution < 1.29 is 9.53 Å². The third-order valence-corrected chi connectivity index (χ3v) is 5.00. The Balaban J connectivity index is 1.62. The van der Waals surface area contributed by atoms with E-state index in [9.17, 15) is 4.79 Å². The highest BCUT2D eigenvalue weighted by atomic mass is 32.2. The third-order valence-electron chi connectivity index (χ3n) is 3.96. The van der Waals surface area contributed by atoms with Crippen molar-refractivity contribution >= 4 is 17.7 Å². The van der Waals surface area contributed by atoms with Crippen molar-refractivity contribution in [1.29, 1.82) is 0 Å². The van der Waals surface area contributed by atoms with Crippen LogP contribution in [0.5, 0.6) is 0 Å². The molecule has 0 bridgehead atoms. The monoisotopic (exact) mass is 347 g/mol. The van der Waals surface area contributed by atoms with Crippen molar-refractivity contribution in [1.82, 2.24) is 25.5 Å². The smallest absolute Gasteiger partial charge is 0.233 e. The molecule has 1 amide bonds. The van der Waals surface area contributed by atoms with Crippen LogP contribution in [0.3, 0.4) is 0 Å². The van der Waals surface area contributed by atoms with Crippen LogP contribution >= 0.6 is 11.8 Å². The normalized spacial score (nSPS) is 18.5. The lowest BCUT2D eigenvalue weighted by molar-refractivity contribution is -0.120. The van der Waals surface area contributed by atoms with Crippen LogP contribution in [0.15, 0.2) is 29.4 Å². The molecule has 2 atom stereocenters. The number of aromatic nitrogens is 4. The molecule has 0 unspecified atom stereocenters. The lowest BCUT2D eigenvalue weighted by atomic mass is 10.2. The molecule has 2 aromatic rings. The Kier molecular flexibility index (Phi) is 5.47. The zero-order valence-electron chi connectivity index (χ0n) is 13.8. The van der Waals surface area contributed by atoms with Gasteiger partial charge in [-0.3, -0.25) is 4.79 Å². The molecule has 7 nitrogen and oxygen atoms in total. The molecule has 1 aromatic carbocycles. The van der Waals surface area contributed by atoms with Crippen molar-refractivity contribution in [2.75, 3.05) is 13.2 Å². The van der Waals surface area contributed by atoms with E-state index in [1.807, 2.05) is 38.1 Å². The van der Waals surface area contributed by atoms with Crippen LogP contribution < -0.4 is 5.32 Å². The second-order valence-electron chi connectivity index (χ2n) is 5.80. The molecule has 1 aliphatic heterocycles. The molecule has 0 saturated carbocycles. The minimum absolute atomic E-state index is 0.0326. The van der Waals surface area contributed by atoms with E-state index >= 15 is 0 Å². The van der Waals surface area contributed by atoms with Crippen molar-refractivity contribution in [3.63, 3.8) is 0 Å². The minimum Gasteiger partial charge on any atom is -0.376 e. The summed E-state index contributed by atoms with van der Waals surface area (Å²) in [4.78, 5) is 12.3. The highest BCUT2D eigenvalue weighted by molar-refractivity contribution is 8.00. The lowest BCUT2D eigenvalue weighted by Crippen LogP contribution is -2.36. The molecule has 1 N–H and O–H groups in total. The number of benzene rings is 1. The first-order valence-corrected chi connectivity index (χ1v) is 8.93. The van der Waals surface area contributed by atoms with Crippen LogP contribution in [0.2, 0.25) is 0 Å². The summed E-state index contributed by atoms with van der Waals surface area (Å²) in [5.41, 5.74) is 1.99. The van der Waals surface area contributed by atoms with E-state index in [-0.39, 0.29) is 17.3 Å². The molecule has 1 aliphatic rings. The highest BCUT2D eigenvalue weighted by Crippen LogP contribution is 2.24. The third kappa shape index (κ3) is 3.93. The number of ether oxygens (including phenoxy) is 1. The fourth-order valence-corrected chi connectivity index (χ4v) is 3.40. The average Bonchev–Trinajstić information content (AvgIpc) is 3.25. The van der Waals surface area contributed by atoms with E-state index in [0.717, 1.165) is 30.7 Å². The van der Waals surface area contributed by atoms with Crippen LogP contribution in [-0.4, -0.2) is 50.6 Å². The molecule has 0 spiro atoms. The highest BCUT2D eigenvalue weighted by Gasteiger charge is 2.22. The van der Waals surface area contributed by atoms with Crippen LogP contribution in [0, 0.1) is 6.92 Å². The number of carbonyl (C=O) groups excluding carboxylic acids is 1. The molecule has 0 radical (unpaired) electrons. The number of amides is 1. The molecule has 128 valence electrons. The summed E-state index contributed by atoms with van der Waals surface area (Å²) in [5.74, 6) is -0.0326. The number of nitrogens with zero attached hydrogens (tertiary/aromatic N) is 4. The van der Waals surface area contributed by atoms with Crippen molar-refractivity contribution in [2.45, 2.75) is 43.2 Å². The Morgan fingerprint density at radius 3 is 3.08 bits per heavy atom. The topological polar surface area (TPSA) is 81.9 Å². The second kappa shape index (κ2) is 7.76. The molecular weight excluding hydrogens is 326 g/mol. The van der Waals surface area contributed by atoms with Crippen LogP contribution in [0.25, 0.3) is 5.69 Å². The fourth-order valence-electron chi connectivity index (χ4n) is 2.58. The first kappa shape index (κ1) is 16.9. The van der Waals surface area contributed by atoms with E-state index in [1.54, 1.807) is 4.68 Å². The van der Waals surface area contributed by atoms with Gasteiger partial charge in [0.05, 0.1) is 17.0 Å². The van der Waals surface area contributed by atoms with Gasteiger partial charge in [0.25, 0.3) is 0 Å². The quantitative estimate of drug-likeness (QED) is 0.802. The maximum absolute atomic E-state index is 12.3. The van der Waals surface area contributed by atoms with E-state index in [2.05, 4.69) is 20.8 Å². The maximum atomic E-state index is 12.3. The van der Waals surface area contributed by atoms with E-state index in [1.165, 1.54) is 11.8 Å². The first-order chi connectivity index (χ1) is 11.6. The van der Waals surface area contributed by atoms with E-state index in [0.29, 0.717) is 11.7 Å². The Morgan fingerprint density at radius 1 is 1.50 bits per heavy atom. The van der Waals surface area contributed by atoms with Gasteiger partial charge in [-0.1, -0.05) is 30.0 Å². The zero-order valence-corrected chi connectivity index (χ0v) is 14.6. The number of carbonyl (C=O) groups is 1. The zero-order chi connectivity index (χ0) is 16.9. The van der Waals surface area contributed by atoms with Gasteiger partial charge in [0.1, 0.15) is 0 Å². The summed E-state index contributed by atoms with van der Waals surface area (Å²) < 4.78 is 7.19. The predicted octanol–water partition coefficient (Wildman–Crippen LogP) is 1.75. The standard InChI is InChI=1S/C16H21N5O2S/c1-11-6-3-4-8-14(11)21-16(18-19-20-21)24-12(2)15(22)17-10-13-7-5-9-23-13/h3-4,6,8,12-13H,5,7,9-10H2,1-2H3,(H,17,22)/t12-,13+/m0/s1. The SMILES string of the molecule is Cc1ccccc1-n1nnnc1S[C@@H](C)C(=O)NC[C@H]1CCCO1. The summed E-state index contributed by atoms with van der Waals surface area (Å²) >= 11 is 1.34. The molecule has 0 aliphatic carbocycles. The predicted molar refractivity (Wildman–Crippen MR) is 91.2 cm³/mol. The molecular formula is C16H21N5O2S. The van der Waals surface area contributed by atoms with Gasteiger partial charge in [0.2, 0.25) is 11.1 Å². The number of hydrogen-bond acceptors (Lipinski definition) is 6. The van der Waals surface area contributed by atoms with Gasteiger partial charge in [-0.2, -0.15) is 4.68 Å². The van der Waals surface area contributed by atoms with Crippen LogP contribution in [0.1, 0.15) is 25.3 Å². The van der Waals surface area contributed by atoms with Gasteiger partial charge < -0.3 is 10.1 Å². The summed E-state index contributed by atoms with van der Waals surface area (Å²) in [5, 5.41) is 15.1. The van der Waals surface area contributed by atoms with Crippen LogP contribution in [0.4, 0.5) is 0 Å².